The number of rotatable bonds is 4. The third-order valence-electron chi connectivity index (χ3n) is 3.36. The molecule has 1 amide bonds. The molecule has 10 heteroatoms. The molecule has 0 aromatic heterocycles. The maximum atomic E-state index is 12.1. The Morgan fingerprint density at radius 2 is 1.69 bits per heavy atom. The average Bonchev–Trinajstić information content (AvgIpc) is 2.95. The van der Waals surface area contributed by atoms with Crippen LogP contribution in [0.5, 0.6) is 0 Å². The van der Waals surface area contributed by atoms with Crippen molar-refractivity contribution < 1.29 is 14.6 Å². The topological polar surface area (TPSA) is 128 Å². The Morgan fingerprint density at radius 1 is 1.00 bits per heavy atom. The molecule has 2 aromatic rings. The maximum absolute atomic E-state index is 12.1. The number of amides is 1. The highest BCUT2D eigenvalue weighted by atomic mass is 32.2. The zero-order valence-electron chi connectivity index (χ0n) is 13.0. The second kappa shape index (κ2) is 7.15. The molecule has 3 rings (SSSR count). The summed E-state index contributed by atoms with van der Waals surface area (Å²) >= 11 is 1.03. The molecule has 1 heterocycles. The van der Waals surface area contributed by atoms with Crippen LogP contribution in [0.1, 0.15) is 5.56 Å². The van der Waals surface area contributed by atoms with Gasteiger partial charge in [0.05, 0.1) is 26.0 Å². The van der Waals surface area contributed by atoms with Gasteiger partial charge < -0.3 is 5.32 Å². The highest BCUT2D eigenvalue weighted by Gasteiger charge is 2.25. The van der Waals surface area contributed by atoms with Crippen molar-refractivity contribution >= 4 is 46.0 Å². The minimum Gasteiger partial charge on any atom is -0.300 e. The minimum atomic E-state index is -0.518. The lowest BCUT2D eigenvalue weighted by atomic mass is 10.1. The van der Waals surface area contributed by atoms with Gasteiger partial charge in [0.2, 0.25) is 0 Å². The molecular formula is C16H10N4O5S. The first-order chi connectivity index (χ1) is 12.4. The smallest absolute Gasteiger partial charge is 0.276 e. The van der Waals surface area contributed by atoms with Crippen LogP contribution in [0.3, 0.4) is 0 Å². The number of nitrogens with one attached hydrogen (secondary N) is 1. The van der Waals surface area contributed by atoms with E-state index in [0.717, 1.165) is 11.8 Å². The van der Waals surface area contributed by atoms with Crippen molar-refractivity contribution in [2.75, 3.05) is 0 Å². The van der Waals surface area contributed by atoms with E-state index in [1.54, 1.807) is 18.2 Å². The molecule has 2 aromatic carbocycles. The molecule has 0 atom stereocenters. The number of carbonyl (C=O) groups excluding carboxylic acids is 1. The molecule has 26 heavy (non-hydrogen) atoms. The van der Waals surface area contributed by atoms with Crippen LogP contribution in [0, 0.1) is 20.2 Å². The zero-order chi connectivity index (χ0) is 18.7. The molecule has 1 aliphatic rings. The number of non-ortho nitro benzene ring substituents is 1. The number of hydrogen-bond acceptors (Lipinski definition) is 7. The number of carbonyl (C=O) groups is 1. The predicted octanol–water partition coefficient (Wildman–Crippen LogP) is 3.39. The van der Waals surface area contributed by atoms with Crippen molar-refractivity contribution in [3.63, 3.8) is 0 Å². The fourth-order valence-corrected chi connectivity index (χ4v) is 3.00. The number of aliphatic imine (C=N–C) groups is 1. The molecule has 0 unspecified atom stereocenters. The van der Waals surface area contributed by atoms with Gasteiger partial charge in [0.1, 0.15) is 0 Å². The van der Waals surface area contributed by atoms with Gasteiger partial charge in [-0.2, -0.15) is 0 Å². The summed E-state index contributed by atoms with van der Waals surface area (Å²) in [6, 6.07) is 11.6. The van der Waals surface area contributed by atoms with Gasteiger partial charge in [-0.25, -0.2) is 4.99 Å². The Hall–Kier alpha value is -3.53. The number of nitro groups is 2. The predicted molar refractivity (Wildman–Crippen MR) is 97.0 cm³/mol. The lowest BCUT2D eigenvalue weighted by Gasteiger charge is -1.97. The van der Waals surface area contributed by atoms with Gasteiger partial charge >= 0.3 is 0 Å². The van der Waals surface area contributed by atoms with Crippen LogP contribution in [-0.4, -0.2) is 20.9 Å². The lowest BCUT2D eigenvalue weighted by Crippen LogP contribution is -2.19. The number of amidine groups is 1. The van der Waals surface area contributed by atoms with Gasteiger partial charge in [0.25, 0.3) is 17.3 Å². The summed E-state index contributed by atoms with van der Waals surface area (Å²) in [6.45, 7) is 0. The van der Waals surface area contributed by atoms with Crippen LogP contribution < -0.4 is 5.32 Å². The van der Waals surface area contributed by atoms with Gasteiger partial charge in [-0.3, -0.25) is 25.0 Å². The van der Waals surface area contributed by atoms with Gasteiger partial charge in [-0.1, -0.05) is 12.1 Å². The van der Waals surface area contributed by atoms with E-state index in [4.69, 9.17) is 0 Å². The SMILES string of the molecule is O=C1NC(=Nc2ccc([N+](=O)[O-])cc2)S/C1=C\c1ccccc1[N+](=O)[O-]. The summed E-state index contributed by atoms with van der Waals surface area (Å²) < 4.78 is 0. The molecule has 0 aliphatic carbocycles. The van der Waals surface area contributed by atoms with Crippen molar-refractivity contribution in [2.24, 2.45) is 4.99 Å². The third kappa shape index (κ3) is 3.75. The summed E-state index contributed by atoms with van der Waals surface area (Å²) in [6.07, 6.45) is 1.43. The first-order valence-corrected chi connectivity index (χ1v) is 8.03. The van der Waals surface area contributed by atoms with Crippen LogP contribution in [0.25, 0.3) is 6.08 Å². The van der Waals surface area contributed by atoms with Crippen molar-refractivity contribution in [3.05, 3.63) is 79.2 Å². The zero-order valence-corrected chi connectivity index (χ0v) is 13.8. The normalized spacial score (nSPS) is 16.7. The van der Waals surface area contributed by atoms with E-state index in [-0.39, 0.29) is 21.4 Å². The van der Waals surface area contributed by atoms with Crippen molar-refractivity contribution in [1.29, 1.82) is 0 Å². The van der Waals surface area contributed by atoms with Crippen molar-refractivity contribution in [3.8, 4) is 0 Å². The fourth-order valence-electron chi connectivity index (χ4n) is 2.16. The second-order valence-electron chi connectivity index (χ2n) is 5.07. The average molecular weight is 370 g/mol. The Labute approximate surface area is 150 Å². The first kappa shape index (κ1) is 17.3. The minimum absolute atomic E-state index is 0.0611. The molecular weight excluding hydrogens is 360 g/mol. The highest BCUT2D eigenvalue weighted by Crippen LogP contribution is 2.30. The monoisotopic (exact) mass is 370 g/mol. The summed E-state index contributed by atoms with van der Waals surface area (Å²) in [5.74, 6) is -0.422. The van der Waals surface area contributed by atoms with E-state index in [0.29, 0.717) is 11.3 Å². The Bertz CT molecular complexity index is 969. The van der Waals surface area contributed by atoms with Crippen molar-refractivity contribution in [1.82, 2.24) is 5.32 Å². The van der Waals surface area contributed by atoms with Crippen LogP contribution in [0.4, 0.5) is 17.1 Å². The van der Waals surface area contributed by atoms with Gasteiger partial charge in [-0.15, -0.1) is 0 Å². The van der Waals surface area contributed by atoms with Gasteiger partial charge in [-0.05, 0) is 36.0 Å². The molecule has 1 saturated heterocycles. The maximum Gasteiger partial charge on any atom is 0.276 e. The Balaban J connectivity index is 1.85. The molecule has 1 aliphatic heterocycles. The number of hydrogen-bond donors (Lipinski definition) is 1. The Kier molecular flexibility index (Phi) is 4.76. The third-order valence-corrected chi connectivity index (χ3v) is 4.27. The first-order valence-electron chi connectivity index (χ1n) is 7.21. The summed E-state index contributed by atoms with van der Waals surface area (Å²) in [4.78, 5) is 37.2. The number of nitro benzene ring substituents is 2. The lowest BCUT2D eigenvalue weighted by molar-refractivity contribution is -0.385. The highest BCUT2D eigenvalue weighted by molar-refractivity contribution is 8.18. The summed E-state index contributed by atoms with van der Waals surface area (Å²) in [5, 5.41) is 24.5. The van der Waals surface area contributed by atoms with Gasteiger partial charge in [0.15, 0.2) is 5.17 Å². The molecule has 0 saturated carbocycles. The standard InChI is InChI=1S/C16H10N4O5S/c21-15-14(9-10-3-1-2-4-13(10)20(24)25)26-16(18-15)17-11-5-7-12(8-6-11)19(22)23/h1-9H,(H,17,18,21)/b14-9-. The second-order valence-corrected chi connectivity index (χ2v) is 6.10. The summed E-state index contributed by atoms with van der Waals surface area (Å²) in [5.41, 5.74) is 0.584. The Morgan fingerprint density at radius 3 is 2.35 bits per heavy atom. The molecule has 0 radical (unpaired) electrons. The molecule has 0 bridgehead atoms. The largest absolute Gasteiger partial charge is 0.300 e. The molecule has 1 fully saturated rings. The van der Waals surface area contributed by atoms with Crippen molar-refractivity contribution in [2.45, 2.75) is 0 Å². The van der Waals surface area contributed by atoms with Crippen LogP contribution in [-0.2, 0) is 4.79 Å². The fraction of sp³-hybridized carbons (Fsp3) is 0. The number of benzene rings is 2. The molecule has 0 spiro atoms. The van der Waals surface area contributed by atoms with E-state index in [1.807, 2.05) is 0 Å². The summed E-state index contributed by atoms with van der Waals surface area (Å²) in [7, 11) is 0. The van der Waals surface area contributed by atoms with Crippen LogP contribution >= 0.6 is 11.8 Å². The number of para-hydroxylation sites is 1. The van der Waals surface area contributed by atoms with Crippen LogP contribution in [0.2, 0.25) is 0 Å². The molecule has 1 N–H and O–H groups in total. The van der Waals surface area contributed by atoms with E-state index >= 15 is 0 Å². The number of nitrogens with zero attached hydrogens (tertiary/aromatic N) is 3. The van der Waals surface area contributed by atoms with E-state index in [2.05, 4.69) is 10.3 Å². The molecule has 130 valence electrons. The molecule has 9 nitrogen and oxygen atoms in total. The van der Waals surface area contributed by atoms with E-state index in [1.165, 1.54) is 36.4 Å². The van der Waals surface area contributed by atoms with E-state index in [9.17, 15) is 25.0 Å². The van der Waals surface area contributed by atoms with Gasteiger partial charge in [0, 0.05) is 18.2 Å². The van der Waals surface area contributed by atoms with Crippen LogP contribution in [0.15, 0.2) is 58.4 Å². The quantitative estimate of drug-likeness (QED) is 0.499. The number of thioether (sulfide) groups is 1. The van der Waals surface area contributed by atoms with E-state index < -0.39 is 15.8 Å².